The largest absolute Gasteiger partial charge is 0.495 e. The zero-order valence-electron chi connectivity index (χ0n) is 12.3. The van der Waals surface area contributed by atoms with Crippen molar-refractivity contribution >= 4 is 27.4 Å². The first-order valence-electron chi connectivity index (χ1n) is 6.59. The minimum Gasteiger partial charge on any atom is -0.495 e. The highest BCUT2D eigenvalue weighted by atomic mass is 79.9. The van der Waals surface area contributed by atoms with Crippen LogP contribution in [-0.2, 0) is 6.42 Å². The molecule has 0 aliphatic heterocycles. The van der Waals surface area contributed by atoms with Crippen molar-refractivity contribution in [3.63, 3.8) is 0 Å². The molecule has 0 bridgehead atoms. The molecule has 2 rings (SSSR count). The van der Waals surface area contributed by atoms with E-state index in [0.29, 0.717) is 0 Å². The number of hydrogen-bond acceptors (Lipinski definition) is 3. The Hall–Kier alpha value is -1.55. The average molecular weight is 335 g/mol. The summed E-state index contributed by atoms with van der Waals surface area (Å²) in [5.41, 5.74) is 3.47. The van der Waals surface area contributed by atoms with Gasteiger partial charge in [-0.1, -0.05) is 13.0 Å². The van der Waals surface area contributed by atoms with E-state index >= 15 is 0 Å². The van der Waals surface area contributed by atoms with Gasteiger partial charge >= 0.3 is 0 Å². The first-order valence-corrected chi connectivity index (χ1v) is 7.39. The lowest BCUT2D eigenvalue weighted by atomic mass is 10.1. The predicted octanol–water partition coefficient (Wildman–Crippen LogP) is 4.49. The first kappa shape index (κ1) is 14.9. The fraction of sp³-hybridized carbons (Fsp3) is 0.312. The number of halogens is 1. The fourth-order valence-electron chi connectivity index (χ4n) is 2.05. The number of anilines is 2. The van der Waals surface area contributed by atoms with Crippen LogP contribution in [0.5, 0.6) is 5.75 Å². The Morgan fingerprint density at radius 3 is 2.65 bits per heavy atom. The average Bonchev–Trinajstić information content (AvgIpc) is 2.48. The maximum Gasteiger partial charge on any atom is 0.142 e. The molecule has 3 nitrogen and oxygen atoms in total. The Bertz CT molecular complexity index is 613. The van der Waals surface area contributed by atoms with Crippen LogP contribution in [0.2, 0.25) is 0 Å². The molecule has 0 radical (unpaired) electrons. The Balaban J connectivity index is 2.45. The highest BCUT2D eigenvalue weighted by molar-refractivity contribution is 9.10. The standard InChI is InChI=1S/C16H19BrN2O/c1-5-12-6-7-15(20-4)14(9-12)19(3)16-8-11(2)13(17)10-18-16/h6-10H,5H2,1-4H3. The molecule has 0 amide bonds. The number of hydrogen-bond donors (Lipinski definition) is 0. The summed E-state index contributed by atoms with van der Waals surface area (Å²) >= 11 is 3.48. The normalized spacial score (nSPS) is 10.4. The van der Waals surface area contributed by atoms with Crippen molar-refractivity contribution in [3.8, 4) is 5.75 Å². The monoisotopic (exact) mass is 334 g/mol. The molecule has 106 valence electrons. The van der Waals surface area contributed by atoms with Crippen LogP contribution in [0.1, 0.15) is 18.1 Å². The molecule has 0 aliphatic rings. The Kier molecular flexibility index (Phi) is 4.65. The molecule has 1 heterocycles. The molecule has 2 aromatic rings. The Labute approximate surface area is 128 Å². The highest BCUT2D eigenvalue weighted by Gasteiger charge is 2.12. The summed E-state index contributed by atoms with van der Waals surface area (Å²) in [5, 5.41) is 0. The van der Waals surface area contributed by atoms with Crippen LogP contribution in [-0.4, -0.2) is 19.1 Å². The van der Waals surface area contributed by atoms with E-state index in [9.17, 15) is 0 Å². The molecule has 1 aromatic carbocycles. The molecule has 0 saturated carbocycles. The Morgan fingerprint density at radius 1 is 1.30 bits per heavy atom. The van der Waals surface area contributed by atoms with E-state index in [-0.39, 0.29) is 0 Å². The van der Waals surface area contributed by atoms with E-state index in [0.717, 1.165) is 33.7 Å². The van der Waals surface area contributed by atoms with Gasteiger partial charge < -0.3 is 9.64 Å². The van der Waals surface area contributed by atoms with Crippen molar-refractivity contribution in [2.24, 2.45) is 0 Å². The second-order valence-electron chi connectivity index (χ2n) is 4.71. The minimum atomic E-state index is 0.854. The third-order valence-electron chi connectivity index (χ3n) is 3.39. The van der Waals surface area contributed by atoms with Gasteiger partial charge in [0.2, 0.25) is 0 Å². The molecule has 0 saturated heterocycles. The van der Waals surface area contributed by atoms with Gasteiger partial charge in [-0.05, 0) is 58.6 Å². The van der Waals surface area contributed by atoms with Crippen molar-refractivity contribution in [1.29, 1.82) is 0 Å². The van der Waals surface area contributed by atoms with E-state index in [2.05, 4.69) is 57.9 Å². The molecule has 0 spiro atoms. The summed E-state index contributed by atoms with van der Waals surface area (Å²) in [5.74, 6) is 1.75. The third-order valence-corrected chi connectivity index (χ3v) is 4.22. The van der Waals surface area contributed by atoms with Crippen LogP contribution in [0.3, 0.4) is 0 Å². The van der Waals surface area contributed by atoms with E-state index < -0.39 is 0 Å². The molecule has 0 atom stereocenters. The summed E-state index contributed by atoms with van der Waals surface area (Å²) in [6, 6.07) is 8.31. The van der Waals surface area contributed by atoms with Crippen molar-refractivity contribution < 1.29 is 4.74 Å². The van der Waals surface area contributed by atoms with Gasteiger partial charge in [0, 0.05) is 17.7 Å². The van der Waals surface area contributed by atoms with Gasteiger partial charge in [0.25, 0.3) is 0 Å². The van der Waals surface area contributed by atoms with E-state index in [1.807, 2.05) is 19.3 Å². The second-order valence-corrected chi connectivity index (χ2v) is 5.56. The fourth-order valence-corrected chi connectivity index (χ4v) is 2.27. The molecule has 0 aliphatic carbocycles. The lowest BCUT2D eigenvalue weighted by molar-refractivity contribution is 0.415. The molecular formula is C16H19BrN2O. The van der Waals surface area contributed by atoms with Crippen molar-refractivity contribution in [2.45, 2.75) is 20.3 Å². The summed E-state index contributed by atoms with van der Waals surface area (Å²) in [6.07, 6.45) is 2.83. The van der Waals surface area contributed by atoms with Gasteiger partial charge in [-0.25, -0.2) is 4.98 Å². The summed E-state index contributed by atoms with van der Waals surface area (Å²) in [6.45, 7) is 4.20. The lowest BCUT2D eigenvalue weighted by Gasteiger charge is -2.22. The number of benzene rings is 1. The summed E-state index contributed by atoms with van der Waals surface area (Å²) < 4.78 is 6.48. The van der Waals surface area contributed by atoms with E-state index in [4.69, 9.17) is 4.74 Å². The smallest absolute Gasteiger partial charge is 0.142 e. The number of aryl methyl sites for hydroxylation is 2. The third kappa shape index (κ3) is 2.96. The second kappa shape index (κ2) is 6.27. The van der Waals surface area contributed by atoms with Gasteiger partial charge in [0.05, 0.1) is 12.8 Å². The first-order chi connectivity index (χ1) is 9.56. The number of ether oxygens (including phenoxy) is 1. The van der Waals surface area contributed by atoms with Crippen LogP contribution in [0.4, 0.5) is 11.5 Å². The lowest BCUT2D eigenvalue weighted by Crippen LogP contribution is -2.13. The molecule has 4 heteroatoms. The van der Waals surface area contributed by atoms with Crippen LogP contribution in [0.25, 0.3) is 0 Å². The van der Waals surface area contributed by atoms with Crippen LogP contribution in [0, 0.1) is 6.92 Å². The zero-order chi connectivity index (χ0) is 14.7. The topological polar surface area (TPSA) is 25.4 Å². The molecular weight excluding hydrogens is 316 g/mol. The molecule has 0 N–H and O–H groups in total. The number of rotatable bonds is 4. The summed E-state index contributed by atoms with van der Waals surface area (Å²) in [4.78, 5) is 6.52. The number of pyridine rings is 1. The Morgan fingerprint density at radius 2 is 2.05 bits per heavy atom. The number of methoxy groups -OCH3 is 1. The van der Waals surface area contributed by atoms with E-state index in [1.54, 1.807) is 7.11 Å². The maximum atomic E-state index is 5.46. The van der Waals surface area contributed by atoms with Crippen LogP contribution >= 0.6 is 15.9 Å². The SMILES string of the molecule is CCc1ccc(OC)c(N(C)c2cc(C)c(Br)cn2)c1. The van der Waals surface area contributed by atoms with Gasteiger partial charge in [-0.15, -0.1) is 0 Å². The number of nitrogens with zero attached hydrogens (tertiary/aromatic N) is 2. The van der Waals surface area contributed by atoms with Gasteiger partial charge in [-0.3, -0.25) is 0 Å². The minimum absolute atomic E-state index is 0.854. The molecule has 0 fully saturated rings. The van der Waals surface area contributed by atoms with Crippen molar-refractivity contribution in [3.05, 3.63) is 46.1 Å². The quantitative estimate of drug-likeness (QED) is 0.823. The van der Waals surface area contributed by atoms with Crippen LogP contribution < -0.4 is 9.64 Å². The predicted molar refractivity (Wildman–Crippen MR) is 87.1 cm³/mol. The van der Waals surface area contributed by atoms with Gasteiger partial charge in [0.1, 0.15) is 11.6 Å². The summed E-state index contributed by atoms with van der Waals surface area (Å²) in [7, 11) is 3.70. The molecule has 1 aromatic heterocycles. The molecule has 20 heavy (non-hydrogen) atoms. The molecule has 0 unspecified atom stereocenters. The van der Waals surface area contributed by atoms with Crippen LogP contribution in [0.15, 0.2) is 34.9 Å². The zero-order valence-corrected chi connectivity index (χ0v) is 13.9. The van der Waals surface area contributed by atoms with Crippen molar-refractivity contribution in [2.75, 3.05) is 19.1 Å². The maximum absolute atomic E-state index is 5.46. The highest BCUT2D eigenvalue weighted by Crippen LogP contribution is 2.33. The van der Waals surface area contributed by atoms with Gasteiger partial charge in [-0.2, -0.15) is 0 Å². The van der Waals surface area contributed by atoms with Gasteiger partial charge in [0.15, 0.2) is 0 Å². The van der Waals surface area contributed by atoms with E-state index in [1.165, 1.54) is 5.56 Å². The number of aromatic nitrogens is 1. The van der Waals surface area contributed by atoms with Crippen molar-refractivity contribution in [1.82, 2.24) is 4.98 Å².